The molecule has 0 spiro atoms. The molecule has 0 aromatic carbocycles. The Morgan fingerprint density at radius 1 is 1.57 bits per heavy atom. The summed E-state index contributed by atoms with van der Waals surface area (Å²) in [5.41, 5.74) is 0. The molecule has 1 aliphatic heterocycles. The predicted octanol–water partition coefficient (Wildman–Crippen LogP) is 3.10. The third-order valence-corrected chi connectivity index (χ3v) is 4.81. The van der Waals surface area contributed by atoms with Crippen LogP contribution in [0, 0.1) is 5.92 Å². The number of aliphatic carboxylic acids is 1. The summed E-state index contributed by atoms with van der Waals surface area (Å²) in [4.78, 5) is 26.2. The van der Waals surface area contributed by atoms with E-state index >= 15 is 0 Å². The minimum absolute atomic E-state index is 0.0210. The Kier molecular flexibility index (Phi) is 5.61. The topological polar surface area (TPSA) is 69.6 Å². The number of urea groups is 1. The highest BCUT2D eigenvalue weighted by molar-refractivity contribution is 7.10. The number of nitrogens with one attached hydrogen (secondary N) is 1. The van der Waals surface area contributed by atoms with Crippen LogP contribution < -0.4 is 5.32 Å². The fourth-order valence-electron chi connectivity index (χ4n) is 2.67. The highest BCUT2D eigenvalue weighted by Gasteiger charge is 2.29. The van der Waals surface area contributed by atoms with Crippen molar-refractivity contribution in [1.29, 1.82) is 0 Å². The number of carbonyl (C=O) groups excluding carboxylic acids is 1. The second-order valence-electron chi connectivity index (χ2n) is 5.43. The van der Waals surface area contributed by atoms with Gasteiger partial charge in [-0.25, -0.2) is 4.79 Å². The highest BCUT2D eigenvalue weighted by atomic mass is 32.1. The molecule has 1 aliphatic rings. The van der Waals surface area contributed by atoms with Gasteiger partial charge < -0.3 is 15.3 Å². The summed E-state index contributed by atoms with van der Waals surface area (Å²) in [5, 5.41) is 14.2. The first-order valence-corrected chi connectivity index (χ1v) is 8.31. The van der Waals surface area contributed by atoms with Gasteiger partial charge in [-0.3, -0.25) is 4.79 Å². The summed E-state index contributed by atoms with van der Waals surface area (Å²) in [5.74, 6) is -1.24. The average molecular weight is 310 g/mol. The van der Waals surface area contributed by atoms with Crippen molar-refractivity contribution in [3.05, 3.63) is 22.4 Å². The van der Waals surface area contributed by atoms with Crippen LogP contribution in [0.4, 0.5) is 4.79 Å². The number of piperidine rings is 1. The largest absolute Gasteiger partial charge is 0.481 e. The summed E-state index contributed by atoms with van der Waals surface area (Å²) >= 11 is 1.64. The predicted molar refractivity (Wildman–Crippen MR) is 82.4 cm³/mol. The van der Waals surface area contributed by atoms with E-state index in [1.54, 1.807) is 16.2 Å². The lowest BCUT2D eigenvalue weighted by Gasteiger charge is -2.32. The van der Waals surface area contributed by atoms with Crippen molar-refractivity contribution in [2.75, 3.05) is 13.1 Å². The normalized spacial score (nSPS) is 20.0. The van der Waals surface area contributed by atoms with Gasteiger partial charge in [-0.1, -0.05) is 19.4 Å². The molecule has 0 radical (unpaired) electrons. The van der Waals surface area contributed by atoms with Crippen LogP contribution in [0.3, 0.4) is 0 Å². The zero-order valence-corrected chi connectivity index (χ0v) is 13.1. The molecule has 5 nitrogen and oxygen atoms in total. The van der Waals surface area contributed by atoms with Gasteiger partial charge in [0.15, 0.2) is 0 Å². The van der Waals surface area contributed by atoms with E-state index in [9.17, 15) is 9.59 Å². The maximum atomic E-state index is 12.4. The Morgan fingerprint density at radius 3 is 3.00 bits per heavy atom. The van der Waals surface area contributed by atoms with Crippen molar-refractivity contribution in [2.45, 2.75) is 38.6 Å². The van der Waals surface area contributed by atoms with Crippen molar-refractivity contribution in [3.63, 3.8) is 0 Å². The first kappa shape index (κ1) is 15.8. The van der Waals surface area contributed by atoms with Gasteiger partial charge in [0.2, 0.25) is 0 Å². The molecule has 1 unspecified atom stereocenters. The van der Waals surface area contributed by atoms with Crippen LogP contribution in [0.5, 0.6) is 0 Å². The quantitative estimate of drug-likeness (QED) is 0.878. The lowest BCUT2D eigenvalue weighted by Crippen LogP contribution is -2.47. The fraction of sp³-hybridized carbons (Fsp3) is 0.600. The van der Waals surface area contributed by atoms with Crippen LogP contribution in [-0.2, 0) is 4.79 Å². The van der Waals surface area contributed by atoms with Gasteiger partial charge in [-0.05, 0) is 30.7 Å². The van der Waals surface area contributed by atoms with Gasteiger partial charge in [-0.15, -0.1) is 11.3 Å². The number of nitrogens with zero attached hydrogens (tertiary/aromatic N) is 1. The number of hydrogen-bond acceptors (Lipinski definition) is 3. The first-order valence-electron chi connectivity index (χ1n) is 7.43. The van der Waals surface area contributed by atoms with Gasteiger partial charge in [0, 0.05) is 18.0 Å². The summed E-state index contributed by atoms with van der Waals surface area (Å²) in [6, 6.07) is 3.89. The highest BCUT2D eigenvalue weighted by Crippen LogP contribution is 2.24. The van der Waals surface area contributed by atoms with Gasteiger partial charge in [-0.2, -0.15) is 0 Å². The molecule has 21 heavy (non-hydrogen) atoms. The molecule has 2 rings (SSSR count). The van der Waals surface area contributed by atoms with E-state index in [2.05, 4.69) is 12.2 Å². The van der Waals surface area contributed by atoms with E-state index in [4.69, 9.17) is 5.11 Å². The number of carbonyl (C=O) groups is 2. The number of carboxylic acid groups (broad SMARTS) is 1. The molecule has 1 saturated heterocycles. The second-order valence-corrected chi connectivity index (χ2v) is 6.41. The van der Waals surface area contributed by atoms with Crippen molar-refractivity contribution < 1.29 is 14.7 Å². The van der Waals surface area contributed by atoms with E-state index in [0.717, 1.165) is 24.1 Å². The summed E-state index contributed by atoms with van der Waals surface area (Å²) in [6.07, 6.45) is 3.29. The van der Waals surface area contributed by atoms with Crippen LogP contribution in [0.2, 0.25) is 0 Å². The molecule has 0 aliphatic carbocycles. The summed E-state index contributed by atoms with van der Waals surface area (Å²) in [7, 11) is 0. The molecule has 2 heterocycles. The Hall–Kier alpha value is -1.56. The Labute approximate surface area is 129 Å². The minimum Gasteiger partial charge on any atom is -0.481 e. The van der Waals surface area contributed by atoms with E-state index < -0.39 is 11.9 Å². The number of likely N-dealkylation sites (tertiary alicyclic amines) is 1. The number of hydrogen-bond donors (Lipinski definition) is 2. The smallest absolute Gasteiger partial charge is 0.317 e. The number of rotatable bonds is 5. The molecule has 1 aromatic rings. The van der Waals surface area contributed by atoms with Crippen molar-refractivity contribution in [2.24, 2.45) is 5.92 Å². The maximum Gasteiger partial charge on any atom is 0.317 e. The average Bonchev–Trinajstić information content (AvgIpc) is 3.01. The first-order chi connectivity index (χ1) is 10.1. The Morgan fingerprint density at radius 2 is 2.38 bits per heavy atom. The van der Waals surface area contributed by atoms with Gasteiger partial charge in [0.1, 0.15) is 0 Å². The van der Waals surface area contributed by atoms with Crippen LogP contribution in [-0.4, -0.2) is 35.1 Å². The Balaban J connectivity index is 1.97. The number of carboxylic acids is 1. The molecular formula is C15H22N2O3S. The zero-order valence-electron chi connectivity index (χ0n) is 12.2. The third-order valence-electron chi connectivity index (χ3n) is 3.82. The molecule has 1 aromatic heterocycles. The standard InChI is InChI=1S/C15H22N2O3S/c1-2-5-12(13-7-4-9-21-13)16-15(20)17-8-3-6-11(10-17)14(18)19/h4,7,9,11-12H,2-3,5-6,8,10H2,1H3,(H,16,20)(H,18,19)/t11-,12?/m0/s1. The van der Waals surface area contributed by atoms with E-state index in [1.807, 2.05) is 17.5 Å². The molecule has 2 amide bonds. The van der Waals surface area contributed by atoms with Crippen molar-refractivity contribution >= 4 is 23.3 Å². The monoisotopic (exact) mass is 310 g/mol. The second kappa shape index (κ2) is 7.45. The maximum absolute atomic E-state index is 12.4. The van der Waals surface area contributed by atoms with Gasteiger partial charge >= 0.3 is 12.0 Å². The fourth-order valence-corrected chi connectivity index (χ4v) is 3.48. The number of thiophene rings is 1. The zero-order chi connectivity index (χ0) is 15.2. The molecule has 0 bridgehead atoms. The van der Waals surface area contributed by atoms with Crippen LogP contribution in [0.1, 0.15) is 43.5 Å². The van der Waals surface area contributed by atoms with E-state index in [-0.39, 0.29) is 12.1 Å². The molecule has 1 fully saturated rings. The molecule has 2 atom stereocenters. The van der Waals surface area contributed by atoms with E-state index in [1.165, 1.54) is 0 Å². The van der Waals surface area contributed by atoms with E-state index in [0.29, 0.717) is 19.5 Å². The molecule has 0 saturated carbocycles. The van der Waals surface area contributed by atoms with Crippen molar-refractivity contribution in [3.8, 4) is 0 Å². The summed E-state index contributed by atoms with van der Waals surface area (Å²) in [6.45, 7) is 3.04. The van der Waals surface area contributed by atoms with Gasteiger partial charge in [0.25, 0.3) is 0 Å². The lowest BCUT2D eigenvalue weighted by atomic mass is 9.98. The number of amides is 2. The SMILES string of the molecule is CCCC(NC(=O)N1CCC[C@H](C(=O)O)C1)c1cccs1. The molecule has 6 heteroatoms. The minimum atomic E-state index is -0.809. The molecule has 2 N–H and O–H groups in total. The van der Waals surface area contributed by atoms with Gasteiger partial charge in [0.05, 0.1) is 12.0 Å². The van der Waals surface area contributed by atoms with Crippen molar-refractivity contribution in [1.82, 2.24) is 10.2 Å². The summed E-state index contributed by atoms with van der Waals surface area (Å²) < 4.78 is 0. The van der Waals surface area contributed by atoms with Crippen LogP contribution >= 0.6 is 11.3 Å². The van der Waals surface area contributed by atoms with Crippen LogP contribution in [0.25, 0.3) is 0 Å². The Bertz CT molecular complexity index is 475. The van der Waals surface area contributed by atoms with Crippen LogP contribution in [0.15, 0.2) is 17.5 Å². The molecular weight excluding hydrogens is 288 g/mol. The molecule has 116 valence electrons. The lowest BCUT2D eigenvalue weighted by molar-refractivity contribution is -0.143. The third kappa shape index (κ3) is 4.20.